The molecule has 5 aromatic carbocycles. The molecule has 15 atom stereocenters. The van der Waals surface area contributed by atoms with Gasteiger partial charge in [-0.1, -0.05) is 171 Å². The van der Waals surface area contributed by atoms with E-state index < -0.39 is 234 Å². The van der Waals surface area contributed by atoms with Crippen molar-refractivity contribution in [2.75, 3.05) is 37.7 Å². The number of aromatic hydroxyl groups is 1. The lowest BCUT2D eigenvalue weighted by atomic mass is 9.97. The van der Waals surface area contributed by atoms with Gasteiger partial charge in [0.15, 0.2) is 0 Å². The van der Waals surface area contributed by atoms with Gasteiger partial charge in [-0.15, -0.1) is 11.8 Å². The number of carboxylic acid groups (broad SMARTS) is 1. The lowest BCUT2D eigenvalue weighted by Gasteiger charge is -2.32. The molecule has 2 saturated heterocycles. The number of primary amides is 1. The molecule has 2 aliphatic heterocycles. The summed E-state index contributed by atoms with van der Waals surface area (Å²) >= 11 is 0.720. The summed E-state index contributed by atoms with van der Waals surface area (Å²) in [4.78, 5) is 252. The molecule has 0 spiro atoms. The van der Waals surface area contributed by atoms with Gasteiger partial charge in [0.1, 0.15) is 96.4 Å². The summed E-state index contributed by atoms with van der Waals surface area (Å²) < 4.78 is 0. The SMILES string of the molecule is CC(C)C[C@@H]1NC(=O)[C@H](Cc2c[nH]c3ccccc23)NC(=O)[C@H](CC(=O)O)NC(=O)[C@H](Cc2ccc(O)cc2)NC(=O)[C@H](Cc2ccccc2)NC(=O)CSC[C@@H](C(=O)N[C@@H](C)C(N)=O)NC(=O)C(CO)NC(=O)[C@H](C(C)C)NC(=O)[C@H](CC(C)C)NC(=O)[C@H](CCN)NC(=O)[C@H]2CCCN2C(=O)[C@H](CCN)NC(=O)[C@H](C(C)C)NC(=O)[C@H](Cc2ccc(-c3ccccc3)cc2)NC1=O. The first-order valence-corrected chi connectivity index (χ1v) is 46.1. The molecule has 0 bridgehead atoms. The predicted octanol–water partition coefficient (Wildman–Crippen LogP) is -0.590. The summed E-state index contributed by atoms with van der Waals surface area (Å²) in [6.45, 7) is 13.1. The number of nitrogens with one attached hydrogen (secondary N) is 15. The molecule has 2 aliphatic rings. The van der Waals surface area contributed by atoms with Gasteiger partial charge in [-0.3, -0.25) is 81.5 Å². The molecule has 1 aromatic heterocycles. The van der Waals surface area contributed by atoms with Crippen molar-refractivity contribution in [2.45, 2.75) is 224 Å². The molecule has 0 radical (unpaired) electrons. The third-order valence-electron chi connectivity index (χ3n) is 22.7. The first-order chi connectivity index (χ1) is 63.7. The molecule has 24 N–H and O–H groups in total. The van der Waals surface area contributed by atoms with Crippen molar-refractivity contribution >= 4 is 123 Å². The summed E-state index contributed by atoms with van der Waals surface area (Å²) in [7, 11) is 0. The number of amides is 16. The van der Waals surface area contributed by atoms with Gasteiger partial charge >= 0.3 is 5.97 Å². The molecule has 0 saturated carbocycles. The fourth-order valence-corrected chi connectivity index (χ4v) is 16.3. The molecule has 40 heteroatoms. The summed E-state index contributed by atoms with van der Waals surface area (Å²) in [6.07, 6.45) is -0.986. The number of rotatable bonds is 25. The average molecular weight is 1880 g/mol. The Labute approximate surface area is 781 Å². The maximum absolute atomic E-state index is 15.5. The maximum Gasteiger partial charge on any atom is 0.305 e. The molecule has 724 valence electrons. The Morgan fingerprint density at radius 2 is 0.873 bits per heavy atom. The van der Waals surface area contributed by atoms with Gasteiger partial charge in [0, 0.05) is 55.1 Å². The smallest absolute Gasteiger partial charge is 0.305 e. The number of H-pyrrole nitrogens is 1. The highest BCUT2D eigenvalue weighted by molar-refractivity contribution is 8.00. The second-order valence-corrected chi connectivity index (χ2v) is 36.1. The second-order valence-electron chi connectivity index (χ2n) is 35.1. The van der Waals surface area contributed by atoms with Crippen molar-refractivity contribution < 1.29 is 96.8 Å². The van der Waals surface area contributed by atoms with E-state index in [0.29, 0.717) is 33.2 Å². The quantitative estimate of drug-likeness (QED) is 0.0341. The third-order valence-corrected chi connectivity index (χ3v) is 23.8. The number of carbonyl (C=O) groups excluding carboxylic acids is 16. The summed E-state index contributed by atoms with van der Waals surface area (Å²) in [5.74, 6) is -20.7. The van der Waals surface area contributed by atoms with Crippen LogP contribution in [0.2, 0.25) is 0 Å². The summed E-state index contributed by atoms with van der Waals surface area (Å²) in [5, 5.41) is 68.9. The number of aliphatic hydroxyl groups excluding tert-OH is 1. The molecule has 16 amide bonds. The Morgan fingerprint density at radius 3 is 1.40 bits per heavy atom. The number of nitrogens with zero attached hydrogens (tertiary/aromatic N) is 1. The van der Waals surface area contributed by atoms with Crippen LogP contribution in [0.5, 0.6) is 5.75 Å². The fraction of sp³-hybridized carbons (Fsp3) is 0.479. The van der Waals surface area contributed by atoms with E-state index in [-0.39, 0.29) is 95.0 Å². The number of phenols is 1. The Bertz CT molecular complexity index is 5080. The van der Waals surface area contributed by atoms with Crippen molar-refractivity contribution in [3.8, 4) is 16.9 Å². The van der Waals surface area contributed by atoms with Gasteiger partial charge in [-0.2, -0.15) is 0 Å². The molecular weight excluding hydrogens is 1750 g/mol. The van der Waals surface area contributed by atoms with E-state index in [1.807, 2.05) is 42.5 Å². The topological polar surface area (TPSA) is 616 Å². The molecule has 3 heterocycles. The van der Waals surface area contributed by atoms with E-state index in [1.54, 1.807) is 128 Å². The number of para-hydroxylation sites is 1. The fourth-order valence-electron chi connectivity index (χ4n) is 15.5. The molecule has 8 rings (SSSR count). The lowest BCUT2D eigenvalue weighted by Crippen LogP contribution is -2.62. The largest absolute Gasteiger partial charge is 0.508 e. The van der Waals surface area contributed by atoms with Crippen molar-refractivity contribution in [3.63, 3.8) is 0 Å². The van der Waals surface area contributed by atoms with E-state index >= 15 is 28.8 Å². The number of hydrogen-bond donors (Lipinski definition) is 21. The number of carboxylic acids is 1. The molecular formula is C94H127N19O20S. The number of benzene rings is 5. The van der Waals surface area contributed by atoms with E-state index in [0.717, 1.165) is 22.9 Å². The normalized spacial score (nSPS) is 23.9. The highest BCUT2D eigenvalue weighted by Crippen LogP contribution is 2.26. The second kappa shape index (κ2) is 51.6. The van der Waals surface area contributed by atoms with Gasteiger partial charge in [-0.25, -0.2) is 0 Å². The maximum atomic E-state index is 15.5. The van der Waals surface area contributed by atoms with Gasteiger partial charge in [0.05, 0.1) is 18.8 Å². The average Bonchev–Trinajstić information content (AvgIpc) is 1.65. The number of aliphatic carboxylic acids is 1. The summed E-state index contributed by atoms with van der Waals surface area (Å²) in [5.41, 5.74) is 21.7. The highest BCUT2D eigenvalue weighted by Gasteiger charge is 2.43. The van der Waals surface area contributed by atoms with Crippen LogP contribution in [-0.2, 0) is 107 Å². The number of aromatic amines is 1. The van der Waals surface area contributed by atoms with Gasteiger partial charge in [0.25, 0.3) is 0 Å². The van der Waals surface area contributed by atoms with E-state index in [9.17, 15) is 68.1 Å². The van der Waals surface area contributed by atoms with Gasteiger partial charge < -0.3 is 117 Å². The van der Waals surface area contributed by atoms with Crippen LogP contribution in [-0.4, -0.2) is 254 Å². The van der Waals surface area contributed by atoms with Crippen LogP contribution in [0.15, 0.2) is 140 Å². The zero-order chi connectivity index (χ0) is 98.2. The van der Waals surface area contributed by atoms with Crippen molar-refractivity contribution in [1.82, 2.24) is 84.3 Å². The van der Waals surface area contributed by atoms with Gasteiger partial charge in [0.2, 0.25) is 94.5 Å². The number of aromatic nitrogens is 1. The standard InChI is InChI=1S/C94H127N19O20S/c1-50(2)39-66-82(121)106-70(42-56-26-30-59(31-27-56)58-21-14-11-15-22-58)88(127)112-78(52(5)6)92(131)102-65(35-37-96)94(133)113-38-18-25-75(113)91(130)101-64(34-36-95)81(120)103-67(40-51(3)4)87(126)111-79(53(7)8)93(132)109-73(47-114)89(128)110-74(90(129)99-54(9)80(97)119)48-134-49-76(116)100-68(41-55-19-12-10-13-20-55)83(122)105-69(43-57-28-32-61(115)33-29-57)84(123)108-72(45-77(117)118)86(125)107-71(85(124)104-66)44-60-46-98-63-24-17-16-23-62(60)63/h10-17,19-24,26-33,46,50-54,64-75,78-79,98,114-115H,18,25,34-45,47-49,95-96H2,1-9H3,(H2,97,119)(H,99,129)(H,100,116)(H,101,130)(H,102,131)(H,103,120)(H,104,124)(H,105,122)(H,106,121)(H,107,125)(H,108,123)(H,109,132)(H,110,128)(H,111,126)(H,112,127)(H,117,118)/t54-,64-,65-,66-,67-,68-,69-,70-,71-,72-,73?,74-,75+,78-,79-/m0/s1. The van der Waals surface area contributed by atoms with Crippen molar-refractivity contribution in [2.24, 2.45) is 40.9 Å². The summed E-state index contributed by atoms with van der Waals surface area (Å²) in [6, 6.07) is 13.6. The number of thioether (sulfide) groups is 1. The van der Waals surface area contributed by atoms with Crippen molar-refractivity contribution in [1.29, 1.82) is 0 Å². The number of aliphatic hydroxyl groups is 1. The third kappa shape index (κ3) is 32.0. The number of phenolic OH excluding ortho intramolecular Hbond substituents is 1. The Hall–Kier alpha value is -13.3. The van der Waals surface area contributed by atoms with Crippen molar-refractivity contribution in [3.05, 3.63) is 162 Å². The first-order valence-electron chi connectivity index (χ1n) is 44.9. The minimum absolute atomic E-state index is 0.00431. The monoisotopic (exact) mass is 1870 g/mol. The predicted molar refractivity (Wildman–Crippen MR) is 499 cm³/mol. The van der Waals surface area contributed by atoms with E-state index in [1.165, 1.54) is 36.1 Å². The van der Waals surface area contributed by atoms with E-state index in [4.69, 9.17) is 17.2 Å². The first kappa shape index (κ1) is 106. The molecule has 6 aromatic rings. The minimum atomic E-state index is -2.06. The number of fused-ring (bicyclic) bond motifs is 2. The minimum Gasteiger partial charge on any atom is -0.508 e. The highest BCUT2D eigenvalue weighted by atomic mass is 32.2. The van der Waals surface area contributed by atoms with Gasteiger partial charge in [-0.05, 0) is 134 Å². The van der Waals surface area contributed by atoms with Crippen LogP contribution in [0.25, 0.3) is 22.0 Å². The van der Waals surface area contributed by atoms with Crippen LogP contribution in [0.3, 0.4) is 0 Å². The molecule has 0 aliphatic carbocycles. The van der Waals surface area contributed by atoms with Crippen LogP contribution >= 0.6 is 11.8 Å². The van der Waals surface area contributed by atoms with E-state index in [2.05, 4.69) is 79.4 Å². The van der Waals surface area contributed by atoms with Crippen LogP contribution < -0.4 is 91.6 Å². The van der Waals surface area contributed by atoms with Crippen LogP contribution in [0, 0.1) is 23.7 Å². The van der Waals surface area contributed by atoms with Crippen LogP contribution in [0.1, 0.15) is 130 Å². The number of carbonyl (C=O) groups is 17. The molecule has 134 heavy (non-hydrogen) atoms. The number of hydrogen-bond acceptors (Lipinski definition) is 22. The Kier molecular flexibility index (Phi) is 40.8. The Morgan fingerprint density at radius 1 is 0.455 bits per heavy atom. The molecule has 39 nitrogen and oxygen atoms in total. The van der Waals surface area contributed by atoms with Crippen LogP contribution in [0.4, 0.5) is 0 Å². The number of nitrogens with two attached hydrogens (primary N) is 3. The lowest BCUT2D eigenvalue weighted by molar-refractivity contribution is -0.143. The molecule has 1 unspecified atom stereocenters. The molecule has 2 fully saturated rings. The Balaban J connectivity index is 1.19. The zero-order valence-corrected chi connectivity index (χ0v) is 77.5. The zero-order valence-electron chi connectivity index (χ0n) is 76.6.